The highest BCUT2D eigenvalue weighted by atomic mass is 15.0. The fourth-order valence-corrected chi connectivity index (χ4v) is 22.8. The van der Waals surface area contributed by atoms with Gasteiger partial charge in [-0.3, -0.25) is 0 Å². The molecule has 0 fully saturated rings. The van der Waals surface area contributed by atoms with Crippen molar-refractivity contribution in [3.8, 4) is 45.0 Å². The molecule has 4 heteroatoms. The average Bonchev–Trinajstić information content (AvgIpc) is 0.714. The molecule has 0 radical (unpaired) electrons. The predicted octanol–water partition coefficient (Wildman–Crippen LogP) is 23.1. The van der Waals surface area contributed by atoms with Crippen LogP contribution in [0.3, 0.4) is 0 Å². The average molecular weight is 1500 g/mol. The minimum Gasteiger partial charge on any atom is -0.197 e. The van der Waals surface area contributed by atoms with Crippen LogP contribution in [-0.4, -0.2) is 0 Å². The first-order chi connectivity index (χ1) is 56.6. The van der Waals surface area contributed by atoms with Gasteiger partial charge in [-0.1, -0.05) is 260 Å². The largest absolute Gasteiger partial charge is 0.213 e. The molecule has 560 valence electrons. The Morgan fingerprint density at radius 3 is 0.793 bits per heavy atom. The molecule has 4 aromatic heterocycles. The number of rotatable bonds is 4. The Labute approximate surface area is 683 Å². The molecule has 0 N–H and O–H groups in total. The molecule has 12 aliphatic carbocycles. The molecule has 2 atom stereocenters. The highest BCUT2D eigenvalue weighted by Gasteiger charge is 2.52. The van der Waals surface area contributed by atoms with E-state index >= 15 is 0 Å². The number of hydrogen-bond donors (Lipinski definition) is 0. The maximum absolute atomic E-state index is 2.47. The zero-order chi connectivity index (χ0) is 78.8. The smallest absolute Gasteiger partial charge is 0.197 e. The van der Waals surface area contributed by atoms with Crippen LogP contribution < -0.4 is 18.3 Å². The van der Waals surface area contributed by atoms with Crippen LogP contribution in [0, 0.1) is 55.4 Å². The quantitative estimate of drug-likeness (QED) is 0.156. The van der Waals surface area contributed by atoms with Gasteiger partial charge in [0.1, 0.15) is 28.2 Å². The monoisotopic (exact) mass is 1500 g/mol. The Bertz CT molecular complexity index is 6670. The minimum atomic E-state index is 0.300. The first kappa shape index (κ1) is 71.1. The van der Waals surface area contributed by atoms with Crippen molar-refractivity contribution >= 4 is 0 Å². The number of aromatic nitrogens is 4. The van der Waals surface area contributed by atoms with Gasteiger partial charge in [-0.2, -0.15) is 18.3 Å². The second kappa shape index (κ2) is 27.5. The fraction of sp³-hybridized carbons (Fsp3) is 0.179. The molecule has 0 saturated carbocycles. The molecule has 2 unspecified atom stereocenters. The summed E-state index contributed by atoms with van der Waals surface area (Å²) in [6, 6.07) is 118. The van der Waals surface area contributed by atoms with Gasteiger partial charge in [-0.05, 0) is 220 Å². The van der Waals surface area contributed by atoms with Crippen LogP contribution in [0.25, 0.3) is 45.0 Å². The Kier molecular flexibility index (Phi) is 16.8. The maximum atomic E-state index is 2.47. The van der Waals surface area contributed by atoms with Crippen molar-refractivity contribution in [1.82, 2.24) is 0 Å². The topological polar surface area (TPSA) is 15.5 Å². The summed E-state index contributed by atoms with van der Waals surface area (Å²) in [4.78, 5) is 0. The summed E-state index contributed by atoms with van der Waals surface area (Å²) in [5.74, 6) is 2.54. The molecule has 0 saturated heterocycles. The van der Waals surface area contributed by atoms with Crippen LogP contribution in [0.1, 0.15) is 226 Å². The van der Waals surface area contributed by atoms with Crippen molar-refractivity contribution < 1.29 is 18.3 Å². The van der Waals surface area contributed by atoms with Crippen molar-refractivity contribution in [2.75, 3.05) is 0 Å². The van der Waals surface area contributed by atoms with E-state index in [1.165, 1.54) is 224 Å². The van der Waals surface area contributed by atoms with Gasteiger partial charge in [0.15, 0.2) is 22.8 Å². The zero-order valence-corrected chi connectivity index (χ0v) is 68.4. The molecule has 12 aliphatic rings. The van der Waals surface area contributed by atoms with E-state index in [2.05, 4.69) is 417 Å². The van der Waals surface area contributed by atoms with Gasteiger partial charge >= 0.3 is 0 Å². The van der Waals surface area contributed by atoms with E-state index in [1.54, 1.807) is 0 Å². The summed E-state index contributed by atoms with van der Waals surface area (Å²) in [7, 11) is 9.01. The fourth-order valence-electron chi connectivity index (χ4n) is 22.8. The SMILES string of the molecule is Cc1cc(C)c(C)c(-c2ccc3c([n+]2C)C2c4ccccc4C3c3ccccc32)c1.Cc1ccc2c(c1)C1c3ccccc3C2c2ccc(-c3ccccc3C)[n+](C)c21.Cc1ccccc1-c1cc(C)c2c([n+]1C)C1c3ccccc3C2c2ccccc21.Cc1ccccc1-c1ccc2c([n+]1C)C1c3ccccc3C2c2ccccc21. The standard InChI is InChI=1S/C29H26N.2C28H24N.C27H22N/c1-17-15-18(2)19(3)25(16-17)26-14-13-24-27-20-9-5-7-11-22(20)28(29(24)30(26)4)23-12-8-6-10-21(23)27;1-17-10-4-5-11-19(17)24-16-18(2)25-26-20-12-6-8-14-22(20)27(28(25)29(24)3)23-15-9-7-13-21(23)26;1-17-12-13-22-24(16-17)27-21-11-7-6-10-20(21)26(22)23-14-15-25(29(3)28(23)27)19-9-5-4-8-18(19)2;1-17-9-3-4-10-18(17)24-16-15-23-25-19-11-5-7-13-21(19)26(27(23)28(24)2)22-14-8-6-12-20(22)25/h5-16,27-28H,1-4H3;2*4-16,26-27H,1-3H3;3-16,25-26H,1-2H3/q4*+1. The summed E-state index contributed by atoms with van der Waals surface area (Å²) in [6.07, 6.45) is 0. The summed E-state index contributed by atoms with van der Waals surface area (Å²) in [5, 5.41) is 0. The van der Waals surface area contributed by atoms with Gasteiger partial charge in [-0.25, -0.2) is 0 Å². The van der Waals surface area contributed by atoms with Crippen molar-refractivity contribution in [1.29, 1.82) is 0 Å². The summed E-state index contributed by atoms with van der Waals surface area (Å²) in [6.45, 7) is 17.8. The first-order valence-corrected chi connectivity index (χ1v) is 41.7. The molecule has 4 nitrogen and oxygen atoms in total. The third-order valence-corrected chi connectivity index (χ3v) is 28.0. The van der Waals surface area contributed by atoms with E-state index in [0.717, 1.165) is 0 Å². The third-order valence-electron chi connectivity index (χ3n) is 28.0. The van der Waals surface area contributed by atoms with Crippen LogP contribution in [0.2, 0.25) is 0 Å². The number of pyridine rings is 4. The molecule has 16 aromatic rings. The van der Waals surface area contributed by atoms with Gasteiger partial charge < -0.3 is 0 Å². The minimum absolute atomic E-state index is 0.300. The third kappa shape index (κ3) is 10.6. The maximum Gasteiger partial charge on any atom is 0.213 e. The van der Waals surface area contributed by atoms with Gasteiger partial charge in [0.05, 0.1) is 23.7 Å². The molecular formula is C112H96N4+4. The van der Waals surface area contributed by atoms with E-state index in [9.17, 15) is 0 Å². The Hall–Kier alpha value is -12.8. The number of aryl methyl sites for hydroxylation is 7. The number of benzene rings is 12. The van der Waals surface area contributed by atoms with E-state index in [4.69, 9.17) is 0 Å². The van der Waals surface area contributed by atoms with Crippen molar-refractivity contribution in [2.24, 2.45) is 28.2 Å². The molecule has 12 aromatic carbocycles. The molecule has 8 bridgehead atoms. The van der Waals surface area contributed by atoms with Crippen LogP contribution in [-0.2, 0) is 28.2 Å². The van der Waals surface area contributed by atoms with Crippen LogP contribution in [0.5, 0.6) is 0 Å². The number of hydrogen-bond acceptors (Lipinski definition) is 0. The van der Waals surface area contributed by atoms with Crippen molar-refractivity contribution in [3.05, 3.63) is 494 Å². The molecule has 0 aliphatic heterocycles. The second-order valence-electron chi connectivity index (χ2n) is 34.1. The molecule has 116 heavy (non-hydrogen) atoms. The molecular weight excluding hydrogens is 1400 g/mol. The van der Waals surface area contributed by atoms with Gasteiger partial charge in [0.25, 0.3) is 0 Å². The van der Waals surface area contributed by atoms with Gasteiger partial charge in [0, 0.05) is 92.4 Å². The van der Waals surface area contributed by atoms with Crippen molar-refractivity contribution in [3.63, 3.8) is 0 Å². The molecule has 28 rings (SSSR count). The second-order valence-corrected chi connectivity index (χ2v) is 34.1. The summed E-state index contributed by atoms with van der Waals surface area (Å²) in [5.41, 5.74) is 56.6. The lowest BCUT2D eigenvalue weighted by Gasteiger charge is -2.40. The summed E-state index contributed by atoms with van der Waals surface area (Å²) < 4.78 is 9.84. The Morgan fingerprint density at radius 1 is 0.172 bits per heavy atom. The molecule has 0 amide bonds. The van der Waals surface area contributed by atoms with E-state index in [0.29, 0.717) is 47.3 Å². The van der Waals surface area contributed by atoms with E-state index in [1.807, 2.05) is 0 Å². The zero-order valence-electron chi connectivity index (χ0n) is 68.4. The summed E-state index contributed by atoms with van der Waals surface area (Å²) >= 11 is 0. The lowest BCUT2D eigenvalue weighted by molar-refractivity contribution is -0.669. The van der Waals surface area contributed by atoms with Crippen LogP contribution >= 0.6 is 0 Å². The lowest BCUT2D eigenvalue weighted by atomic mass is 9.61. The van der Waals surface area contributed by atoms with Gasteiger partial charge in [0.2, 0.25) is 22.8 Å². The van der Waals surface area contributed by atoms with Crippen LogP contribution in [0.4, 0.5) is 0 Å². The van der Waals surface area contributed by atoms with Crippen molar-refractivity contribution in [2.45, 2.75) is 103 Å². The lowest BCUT2D eigenvalue weighted by Crippen LogP contribution is -2.45. The first-order valence-electron chi connectivity index (χ1n) is 41.7. The Morgan fingerprint density at radius 2 is 0.440 bits per heavy atom. The highest BCUT2D eigenvalue weighted by Crippen LogP contribution is 2.60. The molecule has 4 heterocycles. The van der Waals surface area contributed by atoms with Crippen LogP contribution in [0.15, 0.2) is 315 Å². The normalized spacial score (nSPS) is 18.2. The van der Waals surface area contributed by atoms with E-state index in [-0.39, 0.29) is 0 Å². The van der Waals surface area contributed by atoms with Gasteiger partial charge in [-0.15, -0.1) is 0 Å². The predicted molar refractivity (Wildman–Crippen MR) is 469 cm³/mol. The Balaban J connectivity index is 0.0000000967. The number of nitrogens with zero attached hydrogens (tertiary/aromatic N) is 4. The van der Waals surface area contributed by atoms with E-state index < -0.39 is 0 Å². The highest BCUT2D eigenvalue weighted by molar-refractivity contribution is 5.75. The molecule has 0 spiro atoms.